The van der Waals surface area contributed by atoms with Gasteiger partial charge in [-0.3, -0.25) is 9.59 Å². The fourth-order valence-corrected chi connectivity index (χ4v) is 2.15. The molecule has 0 amide bonds. The maximum atomic E-state index is 12.3. The maximum Gasteiger partial charge on any atom is 0.325 e. The van der Waals surface area contributed by atoms with E-state index in [0.717, 1.165) is 17.5 Å². The number of carbonyl (C=O) groups is 1. The van der Waals surface area contributed by atoms with E-state index in [0.29, 0.717) is 17.0 Å². The van der Waals surface area contributed by atoms with E-state index in [-0.39, 0.29) is 17.4 Å². The lowest BCUT2D eigenvalue weighted by molar-refractivity contribution is -0.138. The number of aromatic nitrogens is 2. The molecular weight excluding hydrogens is 248 g/mol. The van der Waals surface area contributed by atoms with E-state index in [2.05, 4.69) is 5.10 Å². The van der Waals surface area contributed by atoms with Crippen LogP contribution in [0.1, 0.15) is 49.8 Å². The van der Waals surface area contributed by atoms with E-state index in [1.165, 1.54) is 7.11 Å². The Morgan fingerprint density at radius 3 is 2.58 bits per heavy atom. The second-order valence-corrected chi connectivity index (χ2v) is 5.12. The van der Waals surface area contributed by atoms with Crippen LogP contribution in [0.15, 0.2) is 4.79 Å². The molecule has 0 radical (unpaired) electrons. The number of carboxylic acids is 1. The first kappa shape index (κ1) is 13.6. The molecule has 0 saturated heterocycles. The van der Waals surface area contributed by atoms with E-state index in [9.17, 15) is 9.59 Å². The molecule has 1 aliphatic carbocycles. The van der Waals surface area contributed by atoms with Gasteiger partial charge in [0.2, 0.25) is 0 Å². The Kier molecular flexibility index (Phi) is 3.59. The van der Waals surface area contributed by atoms with E-state index in [4.69, 9.17) is 9.84 Å². The third kappa shape index (κ3) is 2.62. The second-order valence-electron chi connectivity index (χ2n) is 5.12. The molecule has 0 unspecified atom stereocenters. The smallest absolute Gasteiger partial charge is 0.325 e. The van der Waals surface area contributed by atoms with Gasteiger partial charge < -0.3 is 9.84 Å². The van der Waals surface area contributed by atoms with Crippen molar-refractivity contribution >= 4 is 5.97 Å². The number of methoxy groups -OCH3 is 1. The van der Waals surface area contributed by atoms with E-state index in [1.807, 2.05) is 13.8 Å². The third-order valence-electron chi connectivity index (χ3n) is 3.19. The number of nitrogens with zero attached hydrogens (tertiary/aromatic N) is 2. The van der Waals surface area contributed by atoms with Gasteiger partial charge in [-0.2, -0.15) is 5.10 Å². The van der Waals surface area contributed by atoms with Crippen LogP contribution in [0.25, 0.3) is 0 Å². The van der Waals surface area contributed by atoms with Crippen LogP contribution in [0.2, 0.25) is 0 Å². The van der Waals surface area contributed by atoms with Crippen LogP contribution in [0.4, 0.5) is 0 Å². The molecular formula is C13H18N2O4. The highest BCUT2D eigenvalue weighted by Crippen LogP contribution is 2.44. The van der Waals surface area contributed by atoms with Gasteiger partial charge in [-0.05, 0) is 18.8 Å². The van der Waals surface area contributed by atoms with Crippen molar-refractivity contribution in [1.82, 2.24) is 9.78 Å². The number of rotatable bonds is 5. The summed E-state index contributed by atoms with van der Waals surface area (Å²) in [5.41, 5.74) is 0.888. The number of hydrogen-bond donors (Lipinski definition) is 1. The lowest BCUT2D eigenvalue weighted by Gasteiger charge is -2.16. The van der Waals surface area contributed by atoms with Crippen molar-refractivity contribution in [1.29, 1.82) is 0 Å². The summed E-state index contributed by atoms with van der Waals surface area (Å²) >= 11 is 0. The molecule has 6 heteroatoms. The van der Waals surface area contributed by atoms with Crippen LogP contribution in [-0.4, -0.2) is 28.0 Å². The molecule has 0 aromatic carbocycles. The summed E-state index contributed by atoms with van der Waals surface area (Å²) in [6, 6.07) is 0. The average molecular weight is 266 g/mol. The molecule has 19 heavy (non-hydrogen) atoms. The number of carboxylic acid groups (broad SMARTS) is 1. The van der Waals surface area contributed by atoms with Gasteiger partial charge in [0.05, 0.1) is 12.7 Å². The molecule has 1 heterocycles. The summed E-state index contributed by atoms with van der Waals surface area (Å²) in [7, 11) is 1.52. The maximum absolute atomic E-state index is 12.3. The zero-order chi connectivity index (χ0) is 14.2. The van der Waals surface area contributed by atoms with Crippen LogP contribution >= 0.6 is 0 Å². The van der Waals surface area contributed by atoms with Gasteiger partial charge in [0.15, 0.2) is 5.75 Å². The van der Waals surface area contributed by atoms with Crippen LogP contribution < -0.4 is 10.3 Å². The Balaban J connectivity index is 2.64. The zero-order valence-electron chi connectivity index (χ0n) is 11.3. The molecule has 1 N–H and O–H groups in total. The summed E-state index contributed by atoms with van der Waals surface area (Å²) in [5, 5.41) is 13.0. The number of aliphatic carboxylic acids is 1. The molecule has 0 atom stereocenters. The van der Waals surface area contributed by atoms with Crippen LogP contribution in [0.3, 0.4) is 0 Å². The quantitative estimate of drug-likeness (QED) is 0.869. The van der Waals surface area contributed by atoms with Gasteiger partial charge in [0.1, 0.15) is 12.2 Å². The zero-order valence-corrected chi connectivity index (χ0v) is 11.3. The first-order valence-corrected chi connectivity index (χ1v) is 6.36. The molecule has 1 aromatic heterocycles. The minimum atomic E-state index is -1.07. The third-order valence-corrected chi connectivity index (χ3v) is 3.19. The summed E-state index contributed by atoms with van der Waals surface area (Å²) in [4.78, 5) is 23.1. The van der Waals surface area contributed by atoms with Crippen LogP contribution in [-0.2, 0) is 11.3 Å². The largest absolute Gasteiger partial charge is 0.494 e. The molecule has 1 fully saturated rings. The first-order chi connectivity index (χ1) is 8.95. The number of hydrogen-bond acceptors (Lipinski definition) is 4. The second kappa shape index (κ2) is 5.03. The van der Waals surface area contributed by atoms with E-state index < -0.39 is 12.5 Å². The Morgan fingerprint density at radius 1 is 1.53 bits per heavy atom. The monoisotopic (exact) mass is 266 g/mol. The minimum Gasteiger partial charge on any atom is -0.494 e. The SMILES string of the molecule is COc1c(C(C)C)nn(CC(=O)O)c(=O)c1C1CC1. The summed E-state index contributed by atoms with van der Waals surface area (Å²) < 4.78 is 6.39. The van der Waals surface area contributed by atoms with Crippen molar-refractivity contribution in [2.24, 2.45) is 0 Å². The van der Waals surface area contributed by atoms with Crippen molar-refractivity contribution in [2.75, 3.05) is 7.11 Å². The Hall–Kier alpha value is -1.85. The van der Waals surface area contributed by atoms with Gasteiger partial charge >= 0.3 is 5.97 Å². The van der Waals surface area contributed by atoms with Crippen molar-refractivity contribution in [3.8, 4) is 5.75 Å². The molecule has 0 spiro atoms. The fraction of sp³-hybridized carbons (Fsp3) is 0.615. The van der Waals surface area contributed by atoms with Crippen molar-refractivity contribution in [3.05, 3.63) is 21.6 Å². The van der Waals surface area contributed by atoms with Gasteiger partial charge in [-0.15, -0.1) is 0 Å². The first-order valence-electron chi connectivity index (χ1n) is 6.36. The molecule has 2 rings (SSSR count). The molecule has 0 bridgehead atoms. The highest BCUT2D eigenvalue weighted by molar-refractivity contribution is 5.66. The molecule has 104 valence electrons. The lowest BCUT2D eigenvalue weighted by atomic mass is 10.0. The van der Waals surface area contributed by atoms with E-state index >= 15 is 0 Å². The lowest BCUT2D eigenvalue weighted by Crippen LogP contribution is -2.31. The number of ether oxygens (including phenoxy) is 1. The topological polar surface area (TPSA) is 81.4 Å². The van der Waals surface area contributed by atoms with Crippen molar-refractivity contribution < 1.29 is 14.6 Å². The van der Waals surface area contributed by atoms with E-state index in [1.54, 1.807) is 0 Å². The minimum absolute atomic E-state index is 0.0631. The highest BCUT2D eigenvalue weighted by Gasteiger charge is 2.33. The van der Waals surface area contributed by atoms with Crippen molar-refractivity contribution in [3.63, 3.8) is 0 Å². The van der Waals surface area contributed by atoms with Gasteiger partial charge in [-0.25, -0.2) is 4.68 Å². The Bertz CT molecular complexity index is 558. The molecule has 1 saturated carbocycles. The summed E-state index contributed by atoms with van der Waals surface area (Å²) in [6.45, 7) is 3.47. The predicted molar refractivity (Wildman–Crippen MR) is 68.7 cm³/mol. The predicted octanol–water partition coefficient (Wildman–Crippen LogP) is 1.34. The Labute approximate surface area is 111 Å². The van der Waals surface area contributed by atoms with Crippen LogP contribution in [0, 0.1) is 0 Å². The summed E-state index contributed by atoms with van der Waals surface area (Å²) in [5.74, 6) is -0.295. The van der Waals surface area contributed by atoms with Crippen LogP contribution in [0.5, 0.6) is 5.75 Å². The normalized spacial score (nSPS) is 14.7. The molecule has 1 aromatic rings. The highest BCUT2D eigenvalue weighted by atomic mass is 16.5. The standard InChI is InChI=1S/C13H18N2O4/c1-7(2)11-12(19-3)10(8-4-5-8)13(18)15(14-11)6-9(16)17/h7-8H,4-6H2,1-3H3,(H,16,17). The average Bonchev–Trinajstić information content (AvgIpc) is 3.14. The summed E-state index contributed by atoms with van der Waals surface area (Å²) in [6.07, 6.45) is 1.89. The van der Waals surface area contributed by atoms with Gasteiger partial charge in [0.25, 0.3) is 5.56 Å². The fourth-order valence-electron chi connectivity index (χ4n) is 2.15. The Morgan fingerprint density at radius 2 is 2.16 bits per heavy atom. The molecule has 1 aliphatic rings. The van der Waals surface area contributed by atoms with Crippen molar-refractivity contribution in [2.45, 2.75) is 45.1 Å². The van der Waals surface area contributed by atoms with Gasteiger partial charge in [-0.1, -0.05) is 13.8 Å². The molecule has 0 aliphatic heterocycles. The molecule has 6 nitrogen and oxygen atoms in total. The van der Waals surface area contributed by atoms with Gasteiger partial charge in [0, 0.05) is 5.92 Å².